The van der Waals surface area contributed by atoms with Gasteiger partial charge in [-0.1, -0.05) is 162 Å². The van der Waals surface area contributed by atoms with Gasteiger partial charge < -0.3 is 23.6 Å². The summed E-state index contributed by atoms with van der Waals surface area (Å²) in [6, 6.07) is 0. The summed E-state index contributed by atoms with van der Waals surface area (Å²) >= 11 is 0. The molecule has 0 heterocycles. The van der Waals surface area contributed by atoms with E-state index in [2.05, 4.69) is 47.6 Å². The van der Waals surface area contributed by atoms with Gasteiger partial charge in [0, 0.05) is 12.8 Å². The molecule has 3 fully saturated rings. The van der Waals surface area contributed by atoms with Gasteiger partial charge in [0.2, 0.25) is 0 Å². The SMILES string of the molecule is CCCCCCCCCCCCCCCCCC(=O)OC[C@@H](COP(=O)(O)OCC[N+](C)(C)C)OC(=O)CCC(=O)O[C@H]1CC[C@@]2(C)C(=CC[C@H]3[C@@H]4CC[C@H]([C@H](C)CCCC(C)C)[C@@]4(C)CC[C@@H]32)C1. The molecule has 0 radical (unpaired) electrons. The number of nitrogens with zero attached hydrogens (tertiary/aromatic N) is 1. The quantitative estimate of drug-likeness (QED) is 0.0163. The lowest BCUT2D eigenvalue weighted by Crippen LogP contribution is -2.51. The van der Waals surface area contributed by atoms with Crippen LogP contribution >= 0.6 is 7.82 Å². The normalized spacial score (nSPS) is 27.3. The molecule has 69 heavy (non-hydrogen) atoms. The highest BCUT2D eigenvalue weighted by atomic mass is 31.2. The van der Waals surface area contributed by atoms with Gasteiger partial charge in [-0.15, -0.1) is 0 Å². The van der Waals surface area contributed by atoms with Crippen LogP contribution in [0.1, 0.15) is 228 Å². The average Bonchev–Trinajstić information content (AvgIpc) is 3.64. The number of ether oxygens (including phenoxy) is 3. The minimum atomic E-state index is -4.49. The fourth-order valence-corrected chi connectivity index (χ4v) is 13.8. The van der Waals surface area contributed by atoms with Crippen molar-refractivity contribution in [1.82, 2.24) is 0 Å². The number of allylic oxidation sites excluding steroid dienone is 1. The number of carbonyl (C=O) groups excluding carboxylic acids is 3. The molecule has 0 bridgehead atoms. The van der Waals surface area contributed by atoms with Crippen LogP contribution in [0.5, 0.6) is 0 Å². The number of hydrogen-bond donors (Lipinski definition) is 1. The van der Waals surface area contributed by atoms with Crippen molar-refractivity contribution in [1.29, 1.82) is 0 Å². The van der Waals surface area contributed by atoms with Gasteiger partial charge in [-0.3, -0.25) is 23.4 Å². The number of likely N-dealkylation sites (N-methyl/N-ethyl adjacent to an activating group) is 1. The third kappa shape index (κ3) is 20.6. The highest BCUT2D eigenvalue weighted by molar-refractivity contribution is 7.47. The van der Waals surface area contributed by atoms with Gasteiger partial charge >= 0.3 is 25.7 Å². The lowest BCUT2D eigenvalue weighted by Gasteiger charge is -2.58. The zero-order valence-electron chi connectivity index (χ0n) is 45.5. The molecule has 1 N–H and O–H groups in total. The van der Waals surface area contributed by atoms with E-state index in [4.69, 9.17) is 23.3 Å². The Morgan fingerprint density at radius 3 is 1.97 bits per heavy atom. The first-order valence-electron chi connectivity index (χ1n) is 28.4. The molecule has 12 heteroatoms. The topological polar surface area (TPSA) is 135 Å². The van der Waals surface area contributed by atoms with Gasteiger partial charge in [0.15, 0.2) is 6.10 Å². The predicted octanol–water partition coefficient (Wildman–Crippen LogP) is 14.3. The van der Waals surface area contributed by atoms with Crippen molar-refractivity contribution in [2.75, 3.05) is 47.5 Å². The molecule has 0 saturated heterocycles. The third-order valence-corrected chi connectivity index (χ3v) is 18.2. The largest absolute Gasteiger partial charge is 0.472 e. The lowest BCUT2D eigenvalue weighted by atomic mass is 9.47. The summed E-state index contributed by atoms with van der Waals surface area (Å²) in [5.41, 5.74) is 2.03. The predicted molar refractivity (Wildman–Crippen MR) is 277 cm³/mol. The first-order valence-corrected chi connectivity index (χ1v) is 29.9. The van der Waals surface area contributed by atoms with Crippen molar-refractivity contribution in [2.45, 2.75) is 240 Å². The Morgan fingerprint density at radius 2 is 1.35 bits per heavy atom. The summed E-state index contributed by atoms with van der Waals surface area (Å²) < 4.78 is 40.7. The number of phosphoric ester groups is 1. The maximum atomic E-state index is 13.2. The summed E-state index contributed by atoms with van der Waals surface area (Å²) in [7, 11) is 1.32. The number of phosphoric acid groups is 1. The van der Waals surface area contributed by atoms with E-state index < -0.39 is 38.4 Å². The second kappa shape index (κ2) is 29.8. The molecule has 10 atom stereocenters. The van der Waals surface area contributed by atoms with Gasteiger partial charge in [0.1, 0.15) is 25.9 Å². The van der Waals surface area contributed by atoms with E-state index in [-0.39, 0.29) is 44.0 Å². The van der Waals surface area contributed by atoms with Gasteiger partial charge in [0.25, 0.3) is 0 Å². The van der Waals surface area contributed by atoms with Crippen LogP contribution in [0.25, 0.3) is 0 Å². The van der Waals surface area contributed by atoms with Crippen LogP contribution in [0.15, 0.2) is 11.6 Å². The summed E-state index contributed by atoms with van der Waals surface area (Å²) in [6.45, 7) is 14.2. The Balaban J connectivity index is 1.18. The van der Waals surface area contributed by atoms with Gasteiger partial charge in [0.05, 0.1) is 40.6 Å². The third-order valence-electron chi connectivity index (χ3n) is 17.2. The maximum Gasteiger partial charge on any atom is 0.472 e. The van der Waals surface area contributed by atoms with Crippen LogP contribution in [0.2, 0.25) is 0 Å². The van der Waals surface area contributed by atoms with Crippen LogP contribution in [-0.4, -0.2) is 87.0 Å². The van der Waals surface area contributed by atoms with Crippen molar-refractivity contribution in [3.63, 3.8) is 0 Å². The van der Waals surface area contributed by atoms with E-state index in [1.165, 1.54) is 121 Å². The minimum Gasteiger partial charge on any atom is -0.462 e. The zero-order valence-corrected chi connectivity index (χ0v) is 46.4. The van der Waals surface area contributed by atoms with E-state index in [1.807, 2.05) is 21.1 Å². The van der Waals surface area contributed by atoms with Gasteiger partial charge in [-0.05, 0) is 97.7 Å². The van der Waals surface area contributed by atoms with Crippen LogP contribution in [0, 0.1) is 46.3 Å². The fourth-order valence-electron chi connectivity index (χ4n) is 13.1. The van der Waals surface area contributed by atoms with E-state index in [1.54, 1.807) is 0 Å². The number of fused-ring (bicyclic) bond motifs is 5. The molecule has 0 aromatic rings. The Kier molecular flexibility index (Phi) is 25.8. The molecule has 11 nitrogen and oxygen atoms in total. The van der Waals surface area contributed by atoms with E-state index in [0.29, 0.717) is 28.8 Å². The average molecular weight is 993 g/mol. The highest BCUT2D eigenvalue weighted by Crippen LogP contribution is 2.67. The summed E-state index contributed by atoms with van der Waals surface area (Å²) in [5.74, 6) is 3.02. The second-order valence-electron chi connectivity index (χ2n) is 24.3. The fraction of sp³-hybridized carbons (Fsp3) is 0.912. The van der Waals surface area contributed by atoms with Crippen LogP contribution < -0.4 is 0 Å². The standard InChI is InChI=1S/C57H102NO10P/c1-10-11-12-13-14-15-16-17-18-19-20-21-22-23-24-28-53(59)64-42-48(43-66-69(62,63)65-40-39-58(7,8)9)68-55(61)34-33-54(60)67-47-35-37-56(5)46(41-47)29-30-49-51-32-31-50(45(4)27-25-26-44(2)3)57(51,6)38-36-52(49)56/h29,44-45,47-52H,10-28,30-43H2,1-9H3/p+1/t45-,47+,48+,49+,50-,51+,52+,56+,57-/m1/s1. The summed E-state index contributed by atoms with van der Waals surface area (Å²) in [4.78, 5) is 49.4. The number of quaternary nitrogens is 1. The zero-order chi connectivity index (χ0) is 50.5. The molecule has 0 aromatic carbocycles. The number of unbranched alkanes of at least 4 members (excludes halogenated alkanes) is 14. The van der Waals surface area contributed by atoms with Crippen LogP contribution in [-0.2, 0) is 42.2 Å². The first-order chi connectivity index (χ1) is 32.8. The van der Waals surface area contributed by atoms with Gasteiger partial charge in [-0.2, -0.15) is 0 Å². The molecule has 0 spiro atoms. The molecule has 3 saturated carbocycles. The van der Waals surface area contributed by atoms with Crippen molar-refractivity contribution in [3.05, 3.63) is 11.6 Å². The highest BCUT2D eigenvalue weighted by Gasteiger charge is 2.59. The Labute approximate surface area is 421 Å². The lowest BCUT2D eigenvalue weighted by molar-refractivity contribution is -0.870. The van der Waals surface area contributed by atoms with Crippen molar-refractivity contribution >= 4 is 25.7 Å². The Hall–Kier alpha value is -1.78. The van der Waals surface area contributed by atoms with Crippen LogP contribution in [0.3, 0.4) is 0 Å². The number of hydrogen-bond acceptors (Lipinski definition) is 9. The number of rotatable bonds is 35. The van der Waals surface area contributed by atoms with Crippen molar-refractivity contribution < 1.29 is 51.6 Å². The second-order valence-corrected chi connectivity index (χ2v) is 25.7. The van der Waals surface area contributed by atoms with Crippen LogP contribution in [0.4, 0.5) is 0 Å². The van der Waals surface area contributed by atoms with E-state index in [0.717, 1.165) is 74.5 Å². The number of esters is 3. The molecular formula is C57H103NO10P+. The summed E-state index contributed by atoms with van der Waals surface area (Å²) in [5, 5.41) is 0. The molecule has 1 unspecified atom stereocenters. The minimum absolute atomic E-state index is 0.0186. The van der Waals surface area contributed by atoms with Crippen molar-refractivity contribution in [2.24, 2.45) is 46.3 Å². The van der Waals surface area contributed by atoms with Gasteiger partial charge in [-0.25, -0.2) is 4.57 Å². The Morgan fingerprint density at radius 1 is 0.725 bits per heavy atom. The number of carbonyl (C=O) groups is 3. The molecule has 4 aliphatic rings. The molecule has 0 aliphatic heterocycles. The molecule has 400 valence electrons. The smallest absolute Gasteiger partial charge is 0.462 e. The first kappa shape index (κ1) is 59.8. The maximum absolute atomic E-state index is 13.2. The molecule has 4 aliphatic carbocycles. The van der Waals surface area contributed by atoms with E-state index in [9.17, 15) is 23.8 Å². The summed E-state index contributed by atoms with van der Waals surface area (Å²) in [6.07, 6.45) is 32.5. The molecule has 4 rings (SSSR count). The van der Waals surface area contributed by atoms with E-state index >= 15 is 0 Å². The Bertz CT molecular complexity index is 1610. The monoisotopic (exact) mass is 993 g/mol. The van der Waals surface area contributed by atoms with Crippen molar-refractivity contribution in [3.8, 4) is 0 Å². The molecule has 0 amide bonds. The molecular weight excluding hydrogens is 890 g/mol. The molecule has 0 aromatic heterocycles.